The van der Waals surface area contributed by atoms with Crippen molar-refractivity contribution in [2.24, 2.45) is 10.2 Å². The Kier molecular flexibility index (Phi) is 13.8. The molecular weight excluding hydrogens is 795 g/mol. The van der Waals surface area contributed by atoms with Gasteiger partial charge in [0.1, 0.15) is 23.0 Å². The van der Waals surface area contributed by atoms with Gasteiger partial charge in [0.2, 0.25) is 5.91 Å². The molecule has 0 saturated carbocycles. The summed E-state index contributed by atoms with van der Waals surface area (Å²) in [7, 11) is -8.56. The van der Waals surface area contributed by atoms with Gasteiger partial charge in [-0.2, -0.15) is 27.2 Å². The topological polar surface area (TPSA) is 237 Å². The van der Waals surface area contributed by atoms with Crippen molar-refractivity contribution in [2.75, 3.05) is 40.1 Å². The van der Waals surface area contributed by atoms with Gasteiger partial charge in [-0.15, -0.1) is 10.2 Å². The van der Waals surface area contributed by atoms with Gasteiger partial charge in [-0.25, -0.2) is 4.68 Å². The standard InChI is InChI=1S/C35H38Cl2N8O8S2/c1-22(46)39-30-20-25(44(14-8-16-54(48,49)50)15-9-17-55(51,52)53)12-13-29(30)41-42-33-26(21-38)32(35(2,3)4)43-45(33)31-27(36)18-24(19-28(31)37)40-34(47)23-10-6-5-7-11-23/h5-7,10-13,18-20H,8-9,14-17H2,1-4H3,(H,39,46)(H,40,47)(H,48,49,50)(H,51,52,53). The van der Waals surface area contributed by atoms with Gasteiger partial charge in [0.05, 0.1) is 32.9 Å². The summed E-state index contributed by atoms with van der Waals surface area (Å²) in [6.45, 7) is 6.91. The normalized spacial score (nSPS) is 12.1. The Labute approximate surface area is 328 Å². The van der Waals surface area contributed by atoms with Crippen molar-refractivity contribution in [3.63, 3.8) is 0 Å². The number of azo groups is 1. The Hall–Kier alpha value is -4.90. The van der Waals surface area contributed by atoms with Gasteiger partial charge >= 0.3 is 0 Å². The van der Waals surface area contributed by atoms with Crippen LogP contribution in [0.25, 0.3) is 5.69 Å². The lowest BCUT2D eigenvalue weighted by atomic mass is 9.90. The lowest BCUT2D eigenvalue weighted by molar-refractivity contribution is -0.114. The highest BCUT2D eigenvalue weighted by atomic mass is 35.5. The molecule has 0 atom stereocenters. The van der Waals surface area contributed by atoms with Crippen LogP contribution in [0.1, 0.15) is 62.2 Å². The lowest BCUT2D eigenvalue weighted by Crippen LogP contribution is -2.28. The number of aromatic nitrogens is 2. The van der Waals surface area contributed by atoms with Crippen LogP contribution in [0.5, 0.6) is 0 Å². The molecule has 0 unspecified atom stereocenters. The van der Waals surface area contributed by atoms with E-state index in [0.29, 0.717) is 22.6 Å². The minimum absolute atomic E-state index is 0.0236. The molecule has 0 aliphatic heterocycles. The van der Waals surface area contributed by atoms with Gasteiger partial charge in [0, 0.05) is 42.4 Å². The molecule has 4 rings (SSSR count). The van der Waals surface area contributed by atoms with Crippen molar-refractivity contribution < 1.29 is 35.5 Å². The fourth-order valence-corrected chi connectivity index (χ4v) is 7.00. The third-order valence-electron chi connectivity index (χ3n) is 7.77. The average molecular weight is 834 g/mol. The summed E-state index contributed by atoms with van der Waals surface area (Å²) in [6, 6.07) is 18.2. The zero-order chi connectivity index (χ0) is 40.7. The van der Waals surface area contributed by atoms with Crippen molar-refractivity contribution in [1.82, 2.24) is 9.78 Å². The largest absolute Gasteiger partial charge is 0.371 e. The maximum absolute atomic E-state index is 12.8. The minimum Gasteiger partial charge on any atom is -0.371 e. The van der Waals surface area contributed by atoms with Crippen LogP contribution in [-0.2, 0) is 30.4 Å². The Morgan fingerprint density at radius 1 is 0.909 bits per heavy atom. The van der Waals surface area contributed by atoms with Crippen LogP contribution < -0.4 is 15.5 Å². The van der Waals surface area contributed by atoms with E-state index in [1.54, 1.807) is 41.3 Å². The first kappa shape index (κ1) is 42.8. The zero-order valence-corrected chi connectivity index (χ0v) is 33.3. The van der Waals surface area contributed by atoms with E-state index >= 15 is 0 Å². The second kappa shape index (κ2) is 17.7. The van der Waals surface area contributed by atoms with Gasteiger partial charge < -0.3 is 15.5 Å². The van der Waals surface area contributed by atoms with Crippen molar-refractivity contribution in [3.05, 3.63) is 87.5 Å². The quantitative estimate of drug-likeness (QED) is 0.0683. The monoisotopic (exact) mass is 832 g/mol. The van der Waals surface area contributed by atoms with E-state index in [0.717, 1.165) is 0 Å². The van der Waals surface area contributed by atoms with Crippen LogP contribution >= 0.6 is 23.2 Å². The van der Waals surface area contributed by atoms with E-state index in [2.05, 4.69) is 32.0 Å². The summed E-state index contributed by atoms with van der Waals surface area (Å²) in [5.41, 5.74) is 1.29. The summed E-state index contributed by atoms with van der Waals surface area (Å²) >= 11 is 13.5. The summed E-state index contributed by atoms with van der Waals surface area (Å²) in [6.07, 6.45) is -0.0473. The molecule has 4 N–H and O–H groups in total. The average Bonchev–Trinajstić information content (AvgIpc) is 3.44. The molecule has 55 heavy (non-hydrogen) atoms. The number of anilines is 3. The molecule has 0 aliphatic carbocycles. The van der Waals surface area contributed by atoms with Crippen LogP contribution in [0.15, 0.2) is 70.9 Å². The molecule has 16 nitrogen and oxygen atoms in total. The van der Waals surface area contributed by atoms with Gasteiger partial charge in [-0.05, 0) is 55.3 Å². The number of halogens is 2. The first-order valence-corrected chi connectivity index (χ1v) is 20.5. The van der Waals surface area contributed by atoms with Crippen LogP contribution in [0.4, 0.5) is 28.6 Å². The molecule has 0 spiro atoms. The van der Waals surface area contributed by atoms with Crippen molar-refractivity contribution in [2.45, 2.75) is 46.0 Å². The molecule has 0 radical (unpaired) electrons. The number of nitriles is 1. The third kappa shape index (κ3) is 12.0. The number of nitrogens with one attached hydrogen (secondary N) is 2. The maximum Gasteiger partial charge on any atom is 0.264 e. The summed E-state index contributed by atoms with van der Waals surface area (Å²) < 4.78 is 65.1. The summed E-state index contributed by atoms with van der Waals surface area (Å²) in [5, 5.41) is 29.3. The molecule has 0 aliphatic rings. The molecule has 292 valence electrons. The van der Waals surface area contributed by atoms with Gasteiger partial charge in [-0.3, -0.25) is 18.7 Å². The highest BCUT2D eigenvalue weighted by Crippen LogP contribution is 2.40. The van der Waals surface area contributed by atoms with E-state index in [-0.39, 0.29) is 64.4 Å². The van der Waals surface area contributed by atoms with Crippen LogP contribution in [0.2, 0.25) is 10.0 Å². The first-order chi connectivity index (χ1) is 25.7. The Balaban J connectivity index is 1.79. The molecule has 0 saturated heterocycles. The molecule has 0 bridgehead atoms. The highest BCUT2D eigenvalue weighted by molar-refractivity contribution is 7.86. The van der Waals surface area contributed by atoms with Gasteiger partial charge in [-0.1, -0.05) is 62.2 Å². The second-order valence-corrected chi connectivity index (χ2v) is 17.2. The Morgan fingerprint density at radius 3 is 2.00 bits per heavy atom. The lowest BCUT2D eigenvalue weighted by Gasteiger charge is -2.25. The van der Waals surface area contributed by atoms with Gasteiger partial charge in [0.25, 0.3) is 26.1 Å². The number of carbonyl (C=O) groups is 2. The number of hydrogen-bond donors (Lipinski definition) is 4. The van der Waals surface area contributed by atoms with E-state index in [9.17, 15) is 40.8 Å². The molecule has 2 amide bonds. The predicted molar refractivity (Wildman–Crippen MR) is 211 cm³/mol. The zero-order valence-electron chi connectivity index (χ0n) is 30.1. The SMILES string of the molecule is CC(=O)Nc1cc(N(CCCS(=O)(=O)O)CCCS(=O)(=O)O)ccc1N=Nc1c(C#N)c(C(C)(C)C)nn1-c1c(Cl)cc(NC(=O)c2ccccc2)cc1Cl. The fourth-order valence-electron chi connectivity index (χ4n) is 5.36. The van der Waals surface area contributed by atoms with Crippen LogP contribution in [0.3, 0.4) is 0 Å². The number of benzene rings is 3. The summed E-state index contributed by atoms with van der Waals surface area (Å²) in [4.78, 5) is 26.7. The van der Waals surface area contributed by atoms with E-state index in [1.165, 1.54) is 35.9 Å². The number of carbonyl (C=O) groups excluding carboxylic acids is 2. The molecule has 20 heteroatoms. The smallest absolute Gasteiger partial charge is 0.264 e. The van der Waals surface area contributed by atoms with Crippen molar-refractivity contribution in [1.29, 1.82) is 5.26 Å². The minimum atomic E-state index is -4.28. The molecular formula is C35H38Cl2N8O8S2. The molecule has 0 fully saturated rings. The van der Waals surface area contributed by atoms with Crippen LogP contribution in [0, 0.1) is 11.3 Å². The third-order valence-corrected chi connectivity index (χ3v) is 9.96. The molecule has 4 aromatic rings. The van der Waals surface area contributed by atoms with E-state index in [1.807, 2.05) is 20.8 Å². The molecule has 3 aromatic carbocycles. The van der Waals surface area contributed by atoms with Crippen LogP contribution in [-0.4, -0.2) is 72.1 Å². The maximum atomic E-state index is 12.8. The number of rotatable bonds is 15. The summed E-state index contributed by atoms with van der Waals surface area (Å²) in [5.74, 6) is -2.04. The Bertz CT molecular complexity index is 2310. The van der Waals surface area contributed by atoms with E-state index < -0.39 is 49.0 Å². The van der Waals surface area contributed by atoms with E-state index in [4.69, 9.17) is 23.2 Å². The first-order valence-electron chi connectivity index (χ1n) is 16.5. The van der Waals surface area contributed by atoms with Crippen molar-refractivity contribution >= 4 is 83.8 Å². The molecule has 1 aromatic heterocycles. The highest BCUT2D eigenvalue weighted by Gasteiger charge is 2.30. The van der Waals surface area contributed by atoms with Crippen molar-refractivity contribution in [3.8, 4) is 11.8 Å². The Morgan fingerprint density at radius 2 is 1.49 bits per heavy atom. The molecule has 1 heterocycles. The second-order valence-electron chi connectivity index (χ2n) is 13.3. The number of amides is 2. The fraction of sp³-hybridized carbons (Fsp3) is 0.314. The van der Waals surface area contributed by atoms with Gasteiger partial charge in [0.15, 0.2) is 5.82 Å². The predicted octanol–water partition coefficient (Wildman–Crippen LogP) is 7.34. The number of nitrogens with zero attached hydrogens (tertiary/aromatic N) is 6. The number of hydrogen-bond acceptors (Lipinski definition) is 11.